The van der Waals surface area contributed by atoms with E-state index < -0.39 is 11.9 Å². The predicted molar refractivity (Wildman–Crippen MR) is 87.2 cm³/mol. The van der Waals surface area contributed by atoms with E-state index in [2.05, 4.69) is 15.7 Å². The third kappa shape index (κ3) is 3.56. The monoisotopic (exact) mass is 316 g/mol. The van der Waals surface area contributed by atoms with Crippen molar-refractivity contribution in [2.24, 2.45) is 7.05 Å². The molecule has 1 heterocycles. The SMILES string of the molecule is CCCNC(=O)[C@@H](C)NC(=O)c1nn(C)c(=O)c2ccccc12. The molecule has 23 heavy (non-hydrogen) atoms. The summed E-state index contributed by atoms with van der Waals surface area (Å²) in [4.78, 5) is 36.4. The Bertz CT molecular complexity index is 798. The fraction of sp³-hybridized carbons (Fsp3) is 0.375. The minimum atomic E-state index is -0.688. The summed E-state index contributed by atoms with van der Waals surface area (Å²) < 4.78 is 1.12. The quantitative estimate of drug-likeness (QED) is 0.844. The molecule has 1 aromatic carbocycles. The maximum atomic E-state index is 12.4. The zero-order valence-electron chi connectivity index (χ0n) is 13.4. The Kier molecular flexibility index (Phi) is 5.10. The lowest BCUT2D eigenvalue weighted by Crippen LogP contribution is -2.45. The number of benzene rings is 1. The summed E-state index contributed by atoms with van der Waals surface area (Å²) in [5.74, 6) is -0.745. The van der Waals surface area contributed by atoms with Crippen LogP contribution in [0.1, 0.15) is 30.8 Å². The molecule has 0 bridgehead atoms. The first-order chi connectivity index (χ1) is 11.0. The van der Waals surface area contributed by atoms with E-state index in [1.807, 2.05) is 6.92 Å². The van der Waals surface area contributed by atoms with Gasteiger partial charge >= 0.3 is 0 Å². The van der Waals surface area contributed by atoms with Gasteiger partial charge in [0, 0.05) is 19.0 Å². The van der Waals surface area contributed by atoms with Crippen LogP contribution in [0, 0.1) is 0 Å². The van der Waals surface area contributed by atoms with Gasteiger partial charge < -0.3 is 10.6 Å². The number of fused-ring (bicyclic) bond motifs is 1. The number of amides is 2. The van der Waals surface area contributed by atoms with E-state index in [1.165, 1.54) is 7.05 Å². The van der Waals surface area contributed by atoms with Crippen molar-refractivity contribution in [1.29, 1.82) is 0 Å². The summed E-state index contributed by atoms with van der Waals surface area (Å²) in [5, 5.41) is 10.2. The highest BCUT2D eigenvalue weighted by molar-refractivity contribution is 6.06. The second kappa shape index (κ2) is 7.04. The Morgan fingerprint density at radius 3 is 2.57 bits per heavy atom. The average Bonchev–Trinajstić information content (AvgIpc) is 2.55. The van der Waals surface area contributed by atoms with E-state index in [-0.39, 0.29) is 17.2 Å². The highest BCUT2D eigenvalue weighted by atomic mass is 16.2. The highest BCUT2D eigenvalue weighted by Crippen LogP contribution is 2.12. The Balaban J connectivity index is 2.30. The molecule has 7 nitrogen and oxygen atoms in total. The van der Waals surface area contributed by atoms with Crippen LogP contribution in [0.25, 0.3) is 10.8 Å². The lowest BCUT2D eigenvalue weighted by molar-refractivity contribution is -0.122. The number of nitrogens with one attached hydrogen (secondary N) is 2. The number of nitrogens with zero attached hydrogens (tertiary/aromatic N) is 2. The molecule has 0 saturated heterocycles. The smallest absolute Gasteiger partial charge is 0.274 e. The number of hydrogen-bond donors (Lipinski definition) is 2. The number of carbonyl (C=O) groups is 2. The van der Waals surface area contributed by atoms with Gasteiger partial charge in [0.05, 0.1) is 5.39 Å². The number of carbonyl (C=O) groups excluding carboxylic acids is 2. The van der Waals surface area contributed by atoms with Gasteiger partial charge in [-0.2, -0.15) is 5.10 Å². The van der Waals surface area contributed by atoms with Gasteiger partial charge in [0.15, 0.2) is 5.69 Å². The van der Waals surface area contributed by atoms with E-state index >= 15 is 0 Å². The third-order valence-corrected chi connectivity index (χ3v) is 3.46. The van der Waals surface area contributed by atoms with Crippen molar-refractivity contribution in [3.8, 4) is 0 Å². The van der Waals surface area contributed by atoms with E-state index in [0.29, 0.717) is 17.3 Å². The van der Waals surface area contributed by atoms with Crippen molar-refractivity contribution in [2.75, 3.05) is 6.54 Å². The summed E-state index contributed by atoms with van der Waals surface area (Å²) in [6, 6.07) is 6.09. The molecule has 1 atom stereocenters. The molecule has 0 fully saturated rings. The van der Waals surface area contributed by atoms with Gasteiger partial charge in [0.2, 0.25) is 5.91 Å². The molecule has 0 spiro atoms. The van der Waals surface area contributed by atoms with Gasteiger partial charge in [0.25, 0.3) is 11.5 Å². The number of aromatic nitrogens is 2. The van der Waals surface area contributed by atoms with E-state index in [0.717, 1.165) is 11.1 Å². The number of rotatable bonds is 5. The van der Waals surface area contributed by atoms with Crippen LogP contribution < -0.4 is 16.2 Å². The van der Waals surface area contributed by atoms with Gasteiger partial charge in [-0.05, 0) is 19.4 Å². The van der Waals surface area contributed by atoms with E-state index in [1.54, 1.807) is 31.2 Å². The fourth-order valence-corrected chi connectivity index (χ4v) is 2.20. The summed E-state index contributed by atoms with van der Waals surface area (Å²) in [6.07, 6.45) is 0.819. The topological polar surface area (TPSA) is 93.1 Å². The summed E-state index contributed by atoms with van der Waals surface area (Å²) in [6.45, 7) is 4.11. The second-order valence-electron chi connectivity index (χ2n) is 5.31. The molecule has 7 heteroatoms. The number of aryl methyl sites for hydroxylation is 1. The van der Waals surface area contributed by atoms with Crippen LogP contribution in [0.5, 0.6) is 0 Å². The first kappa shape index (κ1) is 16.7. The highest BCUT2D eigenvalue weighted by Gasteiger charge is 2.20. The average molecular weight is 316 g/mol. The van der Waals surface area contributed by atoms with Crippen LogP contribution >= 0.6 is 0 Å². The largest absolute Gasteiger partial charge is 0.354 e. The van der Waals surface area contributed by atoms with Crippen LogP contribution in [-0.4, -0.2) is 34.2 Å². The molecule has 0 unspecified atom stereocenters. The van der Waals surface area contributed by atoms with E-state index in [4.69, 9.17) is 0 Å². The van der Waals surface area contributed by atoms with Gasteiger partial charge in [-0.3, -0.25) is 14.4 Å². The fourth-order valence-electron chi connectivity index (χ4n) is 2.20. The summed E-state index contributed by atoms with van der Waals surface area (Å²) in [5.41, 5.74) is -0.149. The predicted octanol–water partition coefficient (Wildman–Crippen LogP) is 0.578. The van der Waals surface area contributed by atoms with Crippen LogP contribution in [0.15, 0.2) is 29.1 Å². The molecule has 0 aliphatic heterocycles. The molecule has 2 rings (SSSR count). The molecular weight excluding hydrogens is 296 g/mol. The third-order valence-electron chi connectivity index (χ3n) is 3.46. The van der Waals surface area contributed by atoms with Crippen molar-refractivity contribution in [2.45, 2.75) is 26.3 Å². The van der Waals surface area contributed by atoms with E-state index in [9.17, 15) is 14.4 Å². The first-order valence-corrected chi connectivity index (χ1v) is 7.50. The van der Waals surface area contributed by atoms with Crippen LogP contribution in [0.2, 0.25) is 0 Å². The molecule has 0 saturated carbocycles. The summed E-state index contributed by atoms with van der Waals surface area (Å²) >= 11 is 0. The molecule has 0 radical (unpaired) electrons. The summed E-state index contributed by atoms with van der Waals surface area (Å²) in [7, 11) is 1.49. The lowest BCUT2D eigenvalue weighted by atomic mass is 10.1. The van der Waals surface area contributed by atoms with Crippen molar-refractivity contribution >= 4 is 22.6 Å². The Hall–Kier alpha value is -2.70. The van der Waals surface area contributed by atoms with Crippen LogP contribution in [-0.2, 0) is 11.8 Å². The molecule has 2 aromatic rings. The van der Waals surface area contributed by atoms with Crippen molar-refractivity contribution in [3.63, 3.8) is 0 Å². The molecular formula is C16H20N4O3. The Morgan fingerprint density at radius 1 is 1.26 bits per heavy atom. The van der Waals surface area contributed by atoms with Crippen molar-refractivity contribution < 1.29 is 9.59 Å². The molecule has 2 N–H and O–H groups in total. The normalized spacial score (nSPS) is 12.0. The minimum absolute atomic E-state index is 0.123. The maximum Gasteiger partial charge on any atom is 0.274 e. The number of hydrogen-bond acceptors (Lipinski definition) is 4. The first-order valence-electron chi connectivity index (χ1n) is 7.50. The maximum absolute atomic E-state index is 12.4. The lowest BCUT2D eigenvalue weighted by Gasteiger charge is -2.14. The minimum Gasteiger partial charge on any atom is -0.354 e. The standard InChI is InChI=1S/C16H20N4O3/c1-4-9-17-14(21)10(2)18-15(22)13-11-7-5-6-8-12(11)16(23)20(3)19-13/h5-8,10H,4,9H2,1-3H3,(H,17,21)(H,18,22)/t10-/m1/s1. The Morgan fingerprint density at radius 2 is 1.91 bits per heavy atom. The molecule has 0 aliphatic carbocycles. The van der Waals surface area contributed by atoms with Gasteiger partial charge in [0.1, 0.15) is 6.04 Å². The molecule has 1 aromatic heterocycles. The van der Waals surface area contributed by atoms with Crippen LogP contribution in [0.4, 0.5) is 0 Å². The van der Waals surface area contributed by atoms with Gasteiger partial charge in [-0.1, -0.05) is 25.1 Å². The van der Waals surface area contributed by atoms with Crippen molar-refractivity contribution in [1.82, 2.24) is 20.4 Å². The molecule has 122 valence electrons. The molecule has 2 amide bonds. The van der Waals surface area contributed by atoms with Crippen LogP contribution in [0.3, 0.4) is 0 Å². The van der Waals surface area contributed by atoms with Gasteiger partial charge in [-0.25, -0.2) is 4.68 Å². The van der Waals surface area contributed by atoms with Crippen molar-refractivity contribution in [3.05, 3.63) is 40.3 Å². The van der Waals surface area contributed by atoms with Gasteiger partial charge in [-0.15, -0.1) is 0 Å². The second-order valence-corrected chi connectivity index (χ2v) is 5.31. The Labute approximate surface area is 133 Å². The zero-order chi connectivity index (χ0) is 17.0. The zero-order valence-corrected chi connectivity index (χ0v) is 13.4. The molecule has 0 aliphatic rings.